The molecule has 1 aromatic carbocycles. The first-order valence-electron chi connectivity index (χ1n) is 7.24. The summed E-state index contributed by atoms with van der Waals surface area (Å²) in [5.41, 5.74) is 2.95. The van der Waals surface area contributed by atoms with Crippen LogP contribution in [-0.4, -0.2) is 29.2 Å². The third-order valence-corrected chi connectivity index (χ3v) is 4.64. The number of rotatable bonds is 3. The number of hydrogen-bond donors (Lipinski definition) is 2. The molecule has 1 aromatic rings. The minimum absolute atomic E-state index is 0.252. The molecule has 2 bridgehead atoms. The summed E-state index contributed by atoms with van der Waals surface area (Å²) in [4.78, 5) is 23.9. The van der Waals surface area contributed by atoms with Gasteiger partial charge in [-0.1, -0.05) is 6.07 Å². The van der Waals surface area contributed by atoms with Gasteiger partial charge in [0.25, 0.3) is 0 Å². The molecule has 2 aliphatic heterocycles. The van der Waals surface area contributed by atoms with Gasteiger partial charge in [0, 0.05) is 5.69 Å². The van der Waals surface area contributed by atoms with E-state index in [-0.39, 0.29) is 18.1 Å². The van der Waals surface area contributed by atoms with E-state index >= 15 is 0 Å². The molecule has 0 spiro atoms. The van der Waals surface area contributed by atoms with E-state index in [1.54, 1.807) is 0 Å². The zero-order valence-electron chi connectivity index (χ0n) is 12.1. The van der Waals surface area contributed by atoms with Gasteiger partial charge in [0.05, 0.1) is 24.0 Å². The number of aliphatic carboxylic acids is 1. The second-order valence-corrected chi connectivity index (χ2v) is 5.97. The third kappa shape index (κ3) is 2.42. The molecule has 2 fully saturated rings. The Labute approximate surface area is 123 Å². The highest BCUT2D eigenvalue weighted by Gasteiger charge is 2.55. The second-order valence-electron chi connectivity index (χ2n) is 5.97. The Kier molecular flexibility index (Phi) is 3.45. The molecule has 2 N–H and O–H groups in total. The van der Waals surface area contributed by atoms with Gasteiger partial charge >= 0.3 is 5.97 Å². The number of fused-ring (bicyclic) bond motifs is 2. The summed E-state index contributed by atoms with van der Waals surface area (Å²) in [7, 11) is 0. The van der Waals surface area contributed by atoms with Crippen molar-refractivity contribution in [3.05, 3.63) is 29.3 Å². The van der Waals surface area contributed by atoms with E-state index in [0.717, 1.165) is 24.0 Å². The normalized spacial score (nSPS) is 30.4. The maximum absolute atomic E-state index is 12.5. The van der Waals surface area contributed by atoms with Gasteiger partial charge < -0.3 is 15.2 Å². The summed E-state index contributed by atoms with van der Waals surface area (Å²) < 4.78 is 5.62. The number of ether oxygens (including phenoxy) is 1. The van der Waals surface area contributed by atoms with Crippen molar-refractivity contribution >= 4 is 17.6 Å². The number of hydrogen-bond acceptors (Lipinski definition) is 3. The molecule has 5 heteroatoms. The van der Waals surface area contributed by atoms with Gasteiger partial charge in [-0.2, -0.15) is 0 Å². The molecule has 2 saturated heterocycles. The Morgan fingerprint density at radius 2 is 1.81 bits per heavy atom. The Morgan fingerprint density at radius 1 is 1.14 bits per heavy atom. The fourth-order valence-electron chi connectivity index (χ4n) is 3.37. The van der Waals surface area contributed by atoms with Crippen molar-refractivity contribution in [1.82, 2.24) is 0 Å². The molecule has 0 unspecified atom stereocenters. The van der Waals surface area contributed by atoms with E-state index in [2.05, 4.69) is 5.32 Å². The fourth-order valence-corrected chi connectivity index (χ4v) is 3.37. The second kappa shape index (κ2) is 5.15. The number of aryl methyl sites for hydroxylation is 2. The van der Waals surface area contributed by atoms with Crippen LogP contribution < -0.4 is 5.32 Å². The quantitative estimate of drug-likeness (QED) is 0.893. The lowest BCUT2D eigenvalue weighted by Gasteiger charge is -2.24. The number of carbonyl (C=O) groups excluding carboxylic acids is 1. The summed E-state index contributed by atoms with van der Waals surface area (Å²) in [6, 6.07) is 5.68. The van der Waals surface area contributed by atoms with E-state index < -0.39 is 17.8 Å². The van der Waals surface area contributed by atoms with Crippen molar-refractivity contribution in [3.63, 3.8) is 0 Å². The Balaban J connectivity index is 1.78. The molecule has 4 atom stereocenters. The monoisotopic (exact) mass is 289 g/mol. The average molecular weight is 289 g/mol. The average Bonchev–Trinajstić information content (AvgIpc) is 3.03. The molecule has 5 nitrogen and oxygen atoms in total. The van der Waals surface area contributed by atoms with Gasteiger partial charge in [0.1, 0.15) is 0 Å². The predicted octanol–water partition coefficient (Wildman–Crippen LogP) is 2.12. The molecule has 0 saturated carbocycles. The summed E-state index contributed by atoms with van der Waals surface area (Å²) in [5.74, 6) is -2.52. The van der Waals surface area contributed by atoms with Crippen LogP contribution in [0.25, 0.3) is 0 Å². The van der Waals surface area contributed by atoms with Gasteiger partial charge in [-0.25, -0.2) is 0 Å². The van der Waals surface area contributed by atoms with E-state index in [0.29, 0.717) is 5.69 Å². The number of carboxylic acid groups (broad SMARTS) is 1. The Hall–Kier alpha value is -1.88. The topological polar surface area (TPSA) is 75.6 Å². The maximum Gasteiger partial charge on any atom is 0.310 e. The molecular weight excluding hydrogens is 270 g/mol. The zero-order valence-corrected chi connectivity index (χ0v) is 12.1. The number of nitrogens with one attached hydrogen (secondary N) is 1. The van der Waals surface area contributed by atoms with Gasteiger partial charge in [-0.3, -0.25) is 9.59 Å². The van der Waals surface area contributed by atoms with Crippen LogP contribution in [0.1, 0.15) is 24.0 Å². The maximum atomic E-state index is 12.5. The van der Waals surface area contributed by atoms with Crippen LogP contribution in [0.5, 0.6) is 0 Å². The molecule has 0 aromatic heterocycles. The van der Waals surface area contributed by atoms with Crippen molar-refractivity contribution in [3.8, 4) is 0 Å². The first kappa shape index (κ1) is 14.1. The SMILES string of the molecule is Cc1ccc(NC(=O)[C@@H]2[C@@H](C(=O)O)[C@@H]3CC[C@H]2O3)cc1C. The van der Waals surface area contributed by atoms with Gasteiger partial charge in [0.15, 0.2) is 0 Å². The molecule has 2 aliphatic rings. The number of benzene rings is 1. The molecule has 112 valence electrons. The van der Waals surface area contributed by atoms with Crippen LogP contribution in [-0.2, 0) is 14.3 Å². The number of carboxylic acids is 1. The van der Waals surface area contributed by atoms with Crippen LogP contribution in [0.4, 0.5) is 5.69 Å². The summed E-state index contributed by atoms with van der Waals surface area (Å²) in [6.07, 6.45) is 0.916. The van der Waals surface area contributed by atoms with Crippen molar-refractivity contribution in [1.29, 1.82) is 0 Å². The van der Waals surface area contributed by atoms with E-state index in [1.165, 1.54) is 0 Å². The lowest BCUT2D eigenvalue weighted by Crippen LogP contribution is -2.40. The summed E-state index contributed by atoms with van der Waals surface area (Å²) in [6.45, 7) is 3.98. The highest BCUT2D eigenvalue weighted by atomic mass is 16.5. The first-order chi connectivity index (χ1) is 9.97. The molecule has 0 aliphatic carbocycles. The largest absolute Gasteiger partial charge is 0.481 e. The third-order valence-electron chi connectivity index (χ3n) is 4.64. The van der Waals surface area contributed by atoms with Crippen LogP contribution >= 0.6 is 0 Å². The molecule has 1 amide bonds. The number of carbonyl (C=O) groups is 2. The Bertz CT molecular complexity index is 598. The molecule has 2 heterocycles. The van der Waals surface area contributed by atoms with E-state index in [1.807, 2.05) is 32.0 Å². The van der Waals surface area contributed by atoms with E-state index in [4.69, 9.17) is 4.74 Å². The fraction of sp³-hybridized carbons (Fsp3) is 0.500. The molecule has 3 rings (SSSR count). The predicted molar refractivity (Wildman–Crippen MR) is 77.1 cm³/mol. The van der Waals surface area contributed by atoms with Crippen molar-refractivity contribution in [2.24, 2.45) is 11.8 Å². The standard InChI is InChI=1S/C16H19NO4/c1-8-3-4-10(7-9(8)2)17-15(18)13-11-5-6-12(21-11)14(13)16(19)20/h3-4,7,11-14H,5-6H2,1-2H3,(H,17,18)(H,19,20)/t11-,12+,13+,14+/m1/s1. The van der Waals surface area contributed by atoms with Crippen LogP contribution in [0, 0.1) is 25.7 Å². The number of anilines is 1. The van der Waals surface area contributed by atoms with Crippen LogP contribution in [0.2, 0.25) is 0 Å². The summed E-state index contributed by atoms with van der Waals surface area (Å²) >= 11 is 0. The van der Waals surface area contributed by atoms with Crippen molar-refractivity contribution in [2.75, 3.05) is 5.32 Å². The first-order valence-corrected chi connectivity index (χ1v) is 7.24. The number of amides is 1. The van der Waals surface area contributed by atoms with Gasteiger partial charge in [-0.15, -0.1) is 0 Å². The lowest BCUT2D eigenvalue weighted by atomic mass is 9.78. The Morgan fingerprint density at radius 3 is 2.43 bits per heavy atom. The lowest BCUT2D eigenvalue weighted by molar-refractivity contribution is -0.147. The van der Waals surface area contributed by atoms with Crippen LogP contribution in [0.3, 0.4) is 0 Å². The van der Waals surface area contributed by atoms with Gasteiger partial charge in [0.2, 0.25) is 5.91 Å². The highest BCUT2D eigenvalue weighted by Crippen LogP contribution is 2.44. The van der Waals surface area contributed by atoms with Crippen molar-refractivity contribution in [2.45, 2.75) is 38.9 Å². The van der Waals surface area contributed by atoms with E-state index in [9.17, 15) is 14.7 Å². The molecular formula is C16H19NO4. The minimum atomic E-state index is -0.942. The zero-order chi connectivity index (χ0) is 15.1. The smallest absolute Gasteiger partial charge is 0.310 e. The minimum Gasteiger partial charge on any atom is -0.481 e. The van der Waals surface area contributed by atoms with Crippen molar-refractivity contribution < 1.29 is 19.4 Å². The van der Waals surface area contributed by atoms with Gasteiger partial charge in [-0.05, 0) is 49.9 Å². The molecule has 0 radical (unpaired) electrons. The highest BCUT2D eigenvalue weighted by molar-refractivity contribution is 5.96. The van der Waals surface area contributed by atoms with Crippen LogP contribution in [0.15, 0.2) is 18.2 Å². The molecule has 21 heavy (non-hydrogen) atoms. The summed E-state index contributed by atoms with van der Waals surface area (Å²) in [5, 5.41) is 12.2.